The van der Waals surface area contributed by atoms with Gasteiger partial charge in [-0.1, -0.05) is 47.0 Å². The Morgan fingerprint density at radius 1 is 1.10 bits per heavy atom. The molecule has 1 aliphatic heterocycles. The van der Waals surface area contributed by atoms with Gasteiger partial charge in [-0.2, -0.15) is 0 Å². The van der Waals surface area contributed by atoms with E-state index in [1.54, 1.807) is 0 Å². The second kappa shape index (κ2) is 5.88. The van der Waals surface area contributed by atoms with Gasteiger partial charge in [0.1, 0.15) is 11.9 Å². The molecule has 0 saturated carbocycles. The molecule has 0 amide bonds. The smallest absolute Gasteiger partial charge is 0.126 e. The minimum absolute atomic E-state index is 0.0209. The zero-order valence-corrected chi connectivity index (χ0v) is 13.5. The Morgan fingerprint density at radius 2 is 1.90 bits per heavy atom. The summed E-state index contributed by atoms with van der Waals surface area (Å²) in [6.45, 7) is 2.10. The average molecular weight is 322 g/mol. The molecule has 0 saturated heterocycles. The number of benzene rings is 2. The molecule has 4 heteroatoms. The van der Waals surface area contributed by atoms with E-state index in [0.29, 0.717) is 10.0 Å². The average Bonchev–Trinajstić information content (AvgIpc) is 2.49. The minimum Gasteiger partial charge on any atom is -0.485 e. The third kappa shape index (κ3) is 2.89. The molecule has 0 spiro atoms. The van der Waals surface area contributed by atoms with Crippen molar-refractivity contribution >= 4 is 23.2 Å². The number of ether oxygens (including phenoxy) is 1. The van der Waals surface area contributed by atoms with Crippen LogP contribution in [0.2, 0.25) is 10.0 Å². The molecule has 0 radical (unpaired) electrons. The highest BCUT2D eigenvalue weighted by Crippen LogP contribution is 2.41. The molecule has 0 fully saturated rings. The molecule has 21 heavy (non-hydrogen) atoms. The van der Waals surface area contributed by atoms with Crippen LogP contribution in [0, 0.1) is 6.92 Å². The lowest BCUT2D eigenvalue weighted by molar-refractivity contribution is 0.154. The molecule has 2 nitrogen and oxygen atoms in total. The van der Waals surface area contributed by atoms with Crippen LogP contribution in [0.5, 0.6) is 5.75 Å². The van der Waals surface area contributed by atoms with Gasteiger partial charge in [-0.15, -0.1) is 0 Å². The van der Waals surface area contributed by atoms with Crippen LogP contribution in [0.1, 0.15) is 35.3 Å². The van der Waals surface area contributed by atoms with Gasteiger partial charge in [0.05, 0.1) is 10.0 Å². The van der Waals surface area contributed by atoms with Gasteiger partial charge in [-0.3, -0.25) is 0 Å². The van der Waals surface area contributed by atoms with Crippen molar-refractivity contribution in [1.29, 1.82) is 0 Å². The lowest BCUT2D eigenvalue weighted by atomic mass is 9.92. The molecule has 1 aliphatic rings. The minimum atomic E-state index is -0.0209. The van der Waals surface area contributed by atoms with Crippen molar-refractivity contribution in [3.05, 3.63) is 63.1 Å². The summed E-state index contributed by atoms with van der Waals surface area (Å²) in [5, 5.41) is 4.50. The first kappa shape index (κ1) is 14.7. The largest absolute Gasteiger partial charge is 0.485 e. The van der Waals surface area contributed by atoms with E-state index in [4.69, 9.17) is 27.9 Å². The Hall–Kier alpha value is -1.22. The summed E-state index contributed by atoms with van der Waals surface area (Å²) < 4.78 is 6.16. The molecule has 2 aromatic carbocycles. The van der Waals surface area contributed by atoms with Crippen molar-refractivity contribution in [2.75, 3.05) is 7.05 Å². The van der Waals surface area contributed by atoms with Crippen molar-refractivity contribution in [3.8, 4) is 5.75 Å². The summed E-state index contributed by atoms with van der Waals surface area (Å²) in [5.41, 5.74) is 3.51. The third-order valence-electron chi connectivity index (χ3n) is 3.92. The van der Waals surface area contributed by atoms with E-state index < -0.39 is 0 Å². The molecular weight excluding hydrogens is 305 g/mol. The Kier molecular flexibility index (Phi) is 4.12. The number of aryl methyl sites for hydroxylation is 1. The Balaban J connectivity index is 1.96. The summed E-state index contributed by atoms with van der Waals surface area (Å²) in [4.78, 5) is 0. The molecule has 1 heterocycles. The van der Waals surface area contributed by atoms with Crippen molar-refractivity contribution in [1.82, 2.24) is 5.32 Å². The van der Waals surface area contributed by atoms with Crippen molar-refractivity contribution in [2.45, 2.75) is 25.5 Å². The van der Waals surface area contributed by atoms with E-state index in [2.05, 4.69) is 24.4 Å². The van der Waals surface area contributed by atoms with Crippen molar-refractivity contribution in [2.24, 2.45) is 0 Å². The van der Waals surface area contributed by atoms with Crippen LogP contribution in [0.15, 0.2) is 36.4 Å². The second-order valence-corrected chi connectivity index (χ2v) is 6.21. The molecule has 0 aliphatic carbocycles. The van der Waals surface area contributed by atoms with Gasteiger partial charge < -0.3 is 10.1 Å². The van der Waals surface area contributed by atoms with Crippen LogP contribution >= 0.6 is 23.2 Å². The molecule has 1 N–H and O–H groups in total. The monoisotopic (exact) mass is 321 g/mol. The number of fused-ring (bicyclic) bond motifs is 1. The fraction of sp³-hybridized carbons (Fsp3) is 0.294. The maximum atomic E-state index is 6.16. The van der Waals surface area contributed by atoms with Gasteiger partial charge in [0.25, 0.3) is 0 Å². The molecule has 110 valence electrons. The predicted molar refractivity (Wildman–Crippen MR) is 87.4 cm³/mol. The summed E-state index contributed by atoms with van der Waals surface area (Å²) >= 11 is 12.1. The van der Waals surface area contributed by atoms with E-state index in [1.807, 2.05) is 31.3 Å². The molecular formula is C17H17Cl2NO. The number of halogens is 2. The number of hydrogen-bond donors (Lipinski definition) is 1. The number of nitrogens with one attached hydrogen (secondary N) is 1. The standard InChI is InChI=1S/C17H17Cl2NO/c1-10-3-6-16-12(7-10)15(20-2)9-17(21-16)11-4-5-13(18)14(19)8-11/h3-8,15,17,20H,9H2,1-2H3. The summed E-state index contributed by atoms with van der Waals surface area (Å²) in [6.07, 6.45) is 0.845. The Labute approximate surface area is 135 Å². The summed E-state index contributed by atoms with van der Waals surface area (Å²) in [6, 6.07) is 12.3. The van der Waals surface area contributed by atoms with Gasteiger partial charge in [0.2, 0.25) is 0 Å². The predicted octanol–water partition coefficient (Wildman–Crippen LogP) is 5.09. The van der Waals surface area contributed by atoms with Crippen molar-refractivity contribution in [3.63, 3.8) is 0 Å². The fourth-order valence-electron chi connectivity index (χ4n) is 2.78. The highest BCUT2D eigenvalue weighted by atomic mass is 35.5. The summed E-state index contributed by atoms with van der Waals surface area (Å²) in [7, 11) is 1.98. The van der Waals surface area contributed by atoms with E-state index in [1.165, 1.54) is 11.1 Å². The van der Waals surface area contributed by atoms with Crippen LogP contribution < -0.4 is 10.1 Å². The third-order valence-corrected chi connectivity index (χ3v) is 4.66. The van der Waals surface area contributed by atoms with Crippen LogP contribution in [0.3, 0.4) is 0 Å². The molecule has 0 aromatic heterocycles. The molecule has 0 bridgehead atoms. The lowest BCUT2D eigenvalue weighted by Crippen LogP contribution is -2.26. The first-order valence-electron chi connectivity index (χ1n) is 6.98. The topological polar surface area (TPSA) is 21.3 Å². The van der Waals surface area contributed by atoms with Crippen LogP contribution in [-0.2, 0) is 0 Å². The lowest BCUT2D eigenvalue weighted by Gasteiger charge is -2.32. The number of hydrogen-bond acceptors (Lipinski definition) is 2. The molecule has 2 unspecified atom stereocenters. The van der Waals surface area contributed by atoms with E-state index >= 15 is 0 Å². The van der Waals surface area contributed by atoms with Gasteiger partial charge in [-0.25, -0.2) is 0 Å². The Morgan fingerprint density at radius 3 is 2.62 bits per heavy atom. The normalized spacial score (nSPS) is 20.8. The van der Waals surface area contributed by atoms with Crippen LogP contribution in [0.4, 0.5) is 0 Å². The molecule has 2 atom stereocenters. The zero-order valence-electron chi connectivity index (χ0n) is 12.0. The Bertz CT molecular complexity index is 672. The maximum absolute atomic E-state index is 6.16. The highest BCUT2D eigenvalue weighted by molar-refractivity contribution is 6.42. The maximum Gasteiger partial charge on any atom is 0.126 e. The van der Waals surface area contributed by atoms with Gasteiger partial charge in [-0.05, 0) is 37.7 Å². The van der Waals surface area contributed by atoms with Crippen LogP contribution in [-0.4, -0.2) is 7.05 Å². The SMILES string of the molecule is CNC1CC(c2ccc(Cl)c(Cl)c2)Oc2ccc(C)cc21. The van der Waals surface area contributed by atoms with Gasteiger partial charge in [0.15, 0.2) is 0 Å². The van der Waals surface area contributed by atoms with Crippen LogP contribution in [0.25, 0.3) is 0 Å². The van der Waals surface area contributed by atoms with E-state index in [9.17, 15) is 0 Å². The quantitative estimate of drug-likeness (QED) is 0.832. The van der Waals surface area contributed by atoms with E-state index in [0.717, 1.165) is 17.7 Å². The first-order chi connectivity index (χ1) is 10.1. The molecule has 3 rings (SSSR count). The van der Waals surface area contributed by atoms with Crippen molar-refractivity contribution < 1.29 is 4.74 Å². The highest BCUT2D eigenvalue weighted by Gasteiger charge is 2.28. The van der Waals surface area contributed by atoms with E-state index in [-0.39, 0.29) is 12.1 Å². The number of rotatable bonds is 2. The van der Waals surface area contributed by atoms with Gasteiger partial charge >= 0.3 is 0 Å². The fourth-order valence-corrected chi connectivity index (χ4v) is 3.09. The summed E-state index contributed by atoms with van der Waals surface area (Å²) in [5.74, 6) is 0.933. The second-order valence-electron chi connectivity index (χ2n) is 5.40. The first-order valence-corrected chi connectivity index (χ1v) is 7.73. The molecule has 2 aromatic rings. The zero-order chi connectivity index (χ0) is 15.0. The van der Waals surface area contributed by atoms with Gasteiger partial charge in [0, 0.05) is 18.0 Å².